The molecule has 0 aromatic heterocycles. The second-order valence-corrected chi connectivity index (χ2v) is 21.2. The maximum Gasteiger partial charge on any atom is 0.243 e. The van der Waals surface area contributed by atoms with E-state index >= 15 is 0 Å². The molecule has 4 aromatic rings. The summed E-state index contributed by atoms with van der Waals surface area (Å²) in [7, 11) is 4.07. The first-order chi connectivity index (χ1) is 35.0. The zero-order chi connectivity index (χ0) is 51.8. The predicted molar refractivity (Wildman–Crippen MR) is 269 cm³/mol. The van der Waals surface area contributed by atoms with Crippen molar-refractivity contribution in [1.82, 2.24) is 24.9 Å². The first kappa shape index (κ1) is 55.9. The Hall–Kier alpha value is -3.85. The van der Waals surface area contributed by atoms with Gasteiger partial charge in [0.2, 0.25) is 19.5 Å². The van der Waals surface area contributed by atoms with Crippen LogP contribution in [-0.4, -0.2) is 123 Å². The second-order valence-electron chi connectivity index (χ2n) is 21.2. The number of carbonyl (C=O) groups excluding carboxylic acids is 1. The van der Waals surface area contributed by atoms with Crippen molar-refractivity contribution in [2.45, 2.75) is 135 Å². The Labute approximate surface area is 509 Å². The minimum absolute atomic E-state index is 0. The van der Waals surface area contributed by atoms with Crippen LogP contribution in [0.4, 0.5) is 0 Å². The molecule has 7 N–H and O–H groups in total. The predicted octanol–water partition coefficient (Wildman–Crippen LogP) is 5.70. The van der Waals surface area contributed by atoms with Gasteiger partial charge < -0.3 is 50.4 Å². The van der Waals surface area contributed by atoms with Crippen LogP contribution >= 0.6 is 0 Å². The van der Waals surface area contributed by atoms with Crippen molar-refractivity contribution < 1.29 is 132 Å². The van der Waals surface area contributed by atoms with Gasteiger partial charge in [0.25, 0.3) is 0 Å². The van der Waals surface area contributed by atoms with E-state index in [-0.39, 0.29) is 174 Å². The molecule has 2 fully saturated rings. The molecule has 4 aromatic carbocycles. The molecule has 8 aliphatic rings. The molecule has 75 heavy (non-hydrogen) atoms. The van der Waals surface area contributed by atoms with Crippen molar-refractivity contribution >= 4 is 5.91 Å². The van der Waals surface area contributed by atoms with E-state index in [1.807, 2.05) is 55.6 Å². The smallest absolute Gasteiger partial charge is 0.243 e. The van der Waals surface area contributed by atoms with E-state index in [2.05, 4.69) is 49.2 Å². The number of hydrogen-bond donors (Lipinski definition) is 6. The molecule has 2 saturated heterocycles. The number of aryl methyl sites for hydroxylation is 2. The number of fused-ring (bicyclic) bond motifs is 18. The summed E-state index contributed by atoms with van der Waals surface area (Å²) in [5.74, 6) is 3.02. The van der Waals surface area contributed by atoms with Crippen LogP contribution in [0.3, 0.4) is 0 Å². The Morgan fingerprint density at radius 3 is 1.47 bits per heavy atom. The molecule has 8 heterocycles. The van der Waals surface area contributed by atoms with E-state index in [0.29, 0.717) is 71.3 Å². The van der Waals surface area contributed by atoms with E-state index in [9.17, 15) is 35.7 Å². The molecule has 8 aliphatic heterocycles. The zero-order valence-corrected chi connectivity index (χ0v) is 53.5. The number of nitrogens with zero attached hydrogens (tertiary/aromatic N) is 6. The Bertz CT molecular complexity index is 3160. The minimum Gasteiger partial charge on any atom is -0.507 e. The van der Waals surface area contributed by atoms with E-state index < -0.39 is 18.1 Å². The topological polar surface area (TPSA) is 233 Å². The third-order valence-electron chi connectivity index (χ3n) is 17.9. The monoisotopic (exact) mass is 1450 g/mol. The number of nitriles is 2. The SMILES string of the molecule is C/C=C/C(=O)NC[C@H]1c2c(c(O)c(C)c3c2OCO3)CC2[C@H]3c4c(cc(C)c(C)c4O)C[C@@H]([C@H](C#N)N21)N3C.Cc1cc2c(c(O)c1C)[C@@H]1C3Cc4c(O)c(C)c5c(c4[C@H](CN)N3[C@@H](C#N)[C@H](C2)N1C)OCO5.[Ac].[Ac]. The standard InChI is InChI=1S/C30H34N4O5.C26H30N4O4.2Ac/c1-6-7-23(35)32-12-22-25-18(27(36)16(4)29-30(25)39-13-38-29)10-20-26-24-17(8-14(2)15(3)28(24)37)9-19(33(26)5)21(11-31)34(20)22;1-11-5-14-6-16-18(8-27)30-17(22(29(16)4)20(14)24(32)12(11)2)7-15-21(19(30)9-28)26-25(33-10-34-26)13(3)23(15)31;;/h6-8,19-22,26,36-37H,9-10,12-13H2,1-5H3,(H,32,35);5,16-19,22,31-32H,6-7,9-10,28H2,1-4H3;;/b7-6+;;;/t19-,20?,21-,22-,26-;16-,17?,18-,19-,22-;;/m00../s1. The number of rotatable bonds is 4. The second kappa shape index (κ2) is 21.1. The summed E-state index contributed by atoms with van der Waals surface area (Å²) in [6, 6.07) is 6.92. The number of hydrogen-bond acceptors (Lipinski definition) is 16. The fourth-order valence-electron chi connectivity index (χ4n) is 14.3. The summed E-state index contributed by atoms with van der Waals surface area (Å²) in [4.78, 5) is 21.5. The maximum atomic E-state index is 12.6. The number of likely N-dealkylation sites (N-methyl/N-ethyl adjacent to an activating group) is 2. The minimum atomic E-state index is -0.494. The van der Waals surface area contributed by atoms with Crippen LogP contribution in [0.25, 0.3) is 0 Å². The average molecular weight is 1450 g/mol. The molecule has 19 heteroatoms. The van der Waals surface area contributed by atoms with Crippen LogP contribution in [0.2, 0.25) is 0 Å². The summed E-state index contributed by atoms with van der Waals surface area (Å²) in [6.45, 7) is 14.0. The number of nitrogens with one attached hydrogen (secondary N) is 1. The number of allylic oxidation sites excluding steroid dienone is 1. The fraction of sp³-hybridized carbons (Fsp3) is 0.482. The first-order valence-corrected chi connectivity index (χ1v) is 25.3. The van der Waals surface area contributed by atoms with Crippen LogP contribution < -0.4 is 30.0 Å². The molecule has 10 atom stereocenters. The Kier molecular flexibility index (Phi) is 15.7. The molecule has 0 saturated carbocycles. The molecule has 1 amide bonds. The van der Waals surface area contributed by atoms with Crippen LogP contribution in [0.1, 0.15) is 109 Å². The van der Waals surface area contributed by atoms with Crippen molar-refractivity contribution in [2.24, 2.45) is 5.73 Å². The van der Waals surface area contributed by atoms with Crippen molar-refractivity contribution in [3.05, 3.63) is 102 Å². The van der Waals surface area contributed by atoms with E-state index in [1.54, 1.807) is 13.0 Å². The van der Waals surface area contributed by atoms with Gasteiger partial charge in [-0.2, -0.15) is 10.5 Å². The van der Waals surface area contributed by atoms with E-state index in [1.165, 1.54) is 6.08 Å². The van der Waals surface area contributed by atoms with Crippen LogP contribution in [0.15, 0.2) is 24.3 Å². The van der Waals surface area contributed by atoms with Crippen molar-refractivity contribution in [2.75, 3.05) is 40.8 Å². The van der Waals surface area contributed by atoms with Gasteiger partial charge in [0.15, 0.2) is 23.0 Å². The van der Waals surface area contributed by atoms with Crippen LogP contribution in [0.5, 0.6) is 46.0 Å². The van der Waals surface area contributed by atoms with Crippen molar-refractivity contribution in [3.63, 3.8) is 0 Å². The van der Waals surface area contributed by atoms with Gasteiger partial charge in [0.05, 0.1) is 36.3 Å². The molecule has 0 aliphatic carbocycles. The molecule has 388 valence electrons. The largest absolute Gasteiger partial charge is 0.507 e. The normalized spacial score (nSPS) is 27.3. The number of nitrogens with two attached hydrogens (primary N) is 1. The summed E-state index contributed by atoms with van der Waals surface area (Å²) in [6.07, 6.45) is 5.42. The zero-order valence-electron chi connectivity index (χ0n) is 44.0. The summed E-state index contributed by atoms with van der Waals surface area (Å²) in [5.41, 5.74) is 18.6. The first-order valence-electron chi connectivity index (χ1n) is 25.3. The molecule has 4 bridgehead atoms. The van der Waals surface area contributed by atoms with Crippen molar-refractivity contribution in [3.8, 4) is 58.1 Å². The summed E-state index contributed by atoms with van der Waals surface area (Å²) in [5, 5.41) is 69.4. The number of ether oxygens (including phenoxy) is 4. The number of phenolic OH excluding ortho intramolecular Hbond substituents is 4. The van der Waals surface area contributed by atoms with Crippen LogP contribution in [-0.2, 0) is 30.5 Å². The van der Waals surface area contributed by atoms with E-state index in [4.69, 9.17) is 24.7 Å². The van der Waals surface area contributed by atoms with E-state index in [0.717, 1.165) is 66.8 Å². The van der Waals surface area contributed by atoms with Gasteiger partial charge in [-0.3, -0.25) is 24.4 Å². The maximum absolute atomic E-state index is 12.6. The Balaban J connectivity index is 0.000000180. The fourth-order valence-corrected chi connectivity index (χ4v) is 14.3. The van der Waals surface area contributed by atoms with Gasteiger partial charge in [-0.05, 0) is 128 Å². The average Bonchev–Trinajstić information content (AvgIpc) is 4.11. The number of amides is 1. The van der Waals surface area contributed by atoms with Gasteiger partial charge in [0.1, 0.15) is 35.1 Å². The number of phenols is 4. The van der Waals surface area contributed by atoms with Gasteiger partial charge in [-0.1, -0.05) is 18.2 Å². The quantitative estimate of drug-likeness (QED) is 0.135. The number of carbonyl (C=O) groups is 1. The Morgan fingerprint density at radius 2 is 1.05 bits per heavy atom. The third-order valence-corrected chi connectivity index (χ3v) is 17.9. The summed E-state index contributed by atoms with van der Waals surface area (Å²) >= 11 is 0. The molecule has 17 nitrogen and oxygen atoms in total. The van der Waals surface area contributed by atoms with Gasteiger partial charge in [-0.25, -0.2) is 0 Å². The number of aromatic hydroxyl groups is 4. The Morgan fingerprint density at radius 1 is 0.640 bits per heavy atom. The molecule has 2 unspecified atom stereocenters. The van der Waals surface area contributed by atoms with Crippen LogP contribution in [0, 0.1) is 152 Å². The summed E-state index contributed by atoms with van der Waals surface area (Å²) < 4.78 is 23.3. The molecule has 2 radical (unpaired) electrons. The number of benzene rings is 4. The third kappa shape index (κ3) is 8.30. The van der Waals surface area contributed by atoms with Gasteiger partial charge >= 0.3 is 0 Å². The molecular formula is C56H64Ac2N8O9. The molecule has 12 rings (SSSR count). The van der Waals surface area contributed by atoms with Crippen molar-refractivity contribution in [1.29, 1.82) is 10.5 Å². The van der Waals surface area contributed by atoms with Gasteiger partial charge in [0, 0.05) is 170 Å². The molecule has 0 spiro atoms. The molecular weight excluding hydrogens is 1380 g/mol. The number of piperazine rings is 2. The van der Waals surface area contributed by atoms with Gasteiger partial charge in [-0.15, -0.1) is 0 Å².